The molecule has 1 aliphatic heterocycles. The number of phenols is 1. The van der Waals surface area contributed by atoms with Gasteiger partial charge in [0.25, 0.3) is 0 Å². The van der Waals surface area contributed by atoms with Crippen molar-refractivity contribution in [3.63, 3.8) is 0 Å². The first-order chi connectivity index (χ1) is 16.8. The maximum absolute atomic E-state index is 11.3. The van der Waals surface area contributed by atoms with Crippen LogP contribution in [0, 0.1) is 0 Å². The monoisotopic (exact) mass is 534 g/mol. The smallest absolute Gasteiger partial charge is 0.490 e. The summed E-state index contributed by atoms with van der Waals surface area (Å²) in [7, 11) is 0. The predicted octanol–water partition coefficient (Wildman–Crippen LogP) is 3.53. The molecule has 2 aromatic rings. The third kappa shape index (κ3) is 10.2. The zero-order valence-corrected chi connectivity index (χ0v) is 19.9. The number of aromatic hydroxyl groups is 1. The number of nitrogens with zero attached hydrogens (tertiary/aromatic N) is 1. The number of aliphatic hydroxyl groups excluding tert-OH is 1. The highest BCUT2D eigenvalue weighted by Gasteiger charge is 2.38. The summed E-state index contributed by atoms with van der Waals surface area (Å²) < 4.78 is 43.3. The lowest BCUT2D eigenvalue weighted by atomic mass is 10.2. The summed E-state index contributed by atoms with van der Waals surface area (Å²) in [6.45, 7) is 3.40. The molecule has 2 atom stereocenters. The van der Waals surface area contributed by atoms with Crippen LogP contribution in [0.2, 0.25) is 5.02 Å². The molecule has 1 heterocycles. The molecule has 9 nitrogen and oxygen atoms in total. The number of phenolic OH excluding ortho intramolecular Hbond substituents is 1. The van der Waals surface area contributed by atoms with Gasteiger partial charge in [0.2, 0.25) is 5.91 Å². The molecule has 0 radical (unpaired) electrons. The largest absolute Gasteiger partial charge is 0.508 e. The molecule has 198 valence electrons. The van der Waals surface area contributed by atoms with Crippen molar-refractivity contribution in [2.24, 2.45) is 0 Å². The summed E-state index contributed by atoms with van der Waals surface area (Å²) in [5, 5.41) is 30.4. The van der Waals surface area contributed by atoms with E-state index in [0.29, 0.717) is 29.5 Å². The van der Waals surface area contributed by atoms with E-state index in [1.807, 2.05) is 12.1 Å². The number of carbonyl (C=O) groups excluding carboxylic acids is 1. The highest BCUT2D eigenvalue weighted by atomic mass is 35.5. The van der Waals surface area contributed by atoms with Crippen molar-refractivity contribution in [1.82, 2.24) is 4.90 Å². The van der Waals surface area contributed by atoms with Crippen molar-refractivity contribution in [2.45, 2.75) is 31.7 Å². The number of benzene rings is 2. The lowest BCUT2D eigenvalue weighted by molar-refractivity contribution is -0.192. The van der Waals surface area contributed by atoms with Crippen molar-refractivity contribution < 1.29 is 47.6 Å². The number of carboxylic acid groups (broad SMARTS) is 1. The normalized spacial score (nSPS) is 16.4. The van der Waals surface area contributed by atoms with E-state index in [-0.39, 0.29) is 24.4 Å². The van der Waals surface area contributed by atoms with Gasteiger partial charge in [0.15, 0.2) is 0 Å². The average Bonchev–Trinajstić information content (AvgIpc) is 3.21. The number of alkyl halides is 3. The SMILES string of the molecule is CC(=O)Nc1ccc(O)cc1OCC(O)CN1CCC(Oc2ccc(Cl)cc2)C1.O=C(O)C(F)(F)F. The first-order valence-corrected chi connectivity index (χ1v) is 11.1. The van der Waals surface area contributed by atoms with Crippen molar-refractivity contribution in [3.05, 3.63) is 47.5 Å². The van der Waals surface area contributed by atoms with E-state index < -0.39 is 18.2 Å². The van der Waals surface area contributed by atoms with Crippen LogP contribution in [0.3, 0.4) is 0 Å². The quantitative estimate of drug-likeness (QED) is 0.379. The number of likely N-dealkylation sites (tertiary alicyclic amines) is 1. The number of ether oxygens (including phenoxy) is 2. The lowest BCUT2D eigenvalue weighted by Crippen LogP contribution is -2.35. The first kappa shape index (κ1) is 29.0. The minimum atomic E-state index is -5.08. The van der Waals surface area contributed by atoms with Gasteiger partial charge in [-0.05, 0) is 42.8 Å². The molecule has 0 saturated carbocycles. The van der Waals surface area contributed by atoms with Gasteiger partial charge in [0.05, 0.1) is 5.69 Å². The van der Waals surface area contributed by atoms with Crippen LogP contribution in [-0.4, -0.2) is 76.7 Å². The Hall–Kier alpha value is -3.22. The van der Waals surface area contributed by atoms with Gasteiger partial charge in [-0.3, -0.25) is 9.69 Å². The van der Waals surface area contributed by atoms with Crippen LogP contribution in [0.15, 0.2) is 42.5 Å². The second-order valence-corrected chi connectivity index (χ2v) is 8.31. The summed E-state index contributed by atoms with van der Waals surface area (Å²) in [5.74, 6) is -1.90. The molecule has 0 aromatic heterocycles. The summed E-state index contributed by atoms with van der Waals surface area (Å²) in [6, 6.07) is 11.7. The first-order valence-electron chi connectivity index (χ1n) is 10.7. The maximum atomic E-state index is 11.3. The Bertz CT molecular complexity index is 1020. The van der Waals surface area contributed by atoms with Gasteiger partial charge < -0.3 is 30.1 Å². The van der Waals surface area contributed by atoms with E-state index in [1.165, 1.54) is 19.1 Å². The van der Waals surface area contributed by atoms with Crippen LogP contribution in [0.1, 0.15) is 13.3 Å². The number of aliphatic carboxylic acids is 1. The number of hydrogen-bond acceptors (Lipinski definition) is 7. The van der Waals surface area contributed by atoms with E-state index >= 15 is 0 Å². The van der Waals surface area contributed by atoms with E-state index in [9.17, 15) is 28.2 Å². The van der Waals surface area contributed by atoms with Gasteiger partial charge >= 0.3 is 12.1 Å². The van der Waals surface area contributed by atoms with Crippen LogP contribution < -0.4 is 14.8 Å². The van der Waals surface area contributed by atoms with Crippen molar-refractivity contribution >= 4 is 29.2 Å². The zero-order valence-electron chi connectivity index (χ0n) is 19.2. The zero-order chi connectivity index (χ0) is 26.9. The Morgan fingerprint density at radius 1 is 1.22 bits per heavy atom. The molecule has 0 bridgehead atoms. The molecule has 2 unspecified atom stereocenters. The van der Waals surface area contributed by atoms with Crippen molar-refractivity contribution in [2.75, 3.05) is 31.6 Å². The molecule has 1 amide bonds. The Balaban J connectivity index is 0.000000572. The molecule has 1 fully saturated rings. The van der Waals surface area contributed by atoms with E-state index in [0.717, 1.165) is 18.7 Å². The lowest BCUT2D eigenvalue weighted by Gasteiger charge is -2.21. The molecule has 0 aliphatic carbocycles. The topological polar surface area (TPSA) is 129 Å². The Labute approximate surface area is 210 Å². The standard InChI is InChI=1S/C21H25ClN2O5.C2HF3O2/c1-14(25)23-20-7-4-16(26)10-21(20)28-13-17(27)11-24-9-8-19(12-24)29-18-5-2-15(22)3-6-18;3-2(4,5)1(6)7/h2-7,10,17,19,26-27H,8-9,11-13H2,1H3,(H,23,25);(H,6,7). The minimum Gasteiger partial charge on any atom is -0.508 e. The molecule has 3 rings (SSSR count). The van der Waals surface area contributed by atoms with Gasteiger partial charge in [-0.2, -0.15) is 13.2 Å². The van der Waals surface area contributed by atoms with Gasteiger partial charge in [0.1, 0.15) is 36.1 Å². The molecule has 1 aliphatic rings. The number of anilines is 1. The summed E-state index contributed by atoms with van der Waals surface area (Å²) in [5.41, 5.74) is 0.445. The number of halogens is 4. The molecule has 4 N–H and O–H groups in total. The second kappa shape index (κ2) is 13.2. The Kier molecular flexibility index (Phi) is 10.6. The van der Waals surface area contributed by atoms with E-state index in [2.05, 4.69) is 10.2 Å². The molecule has 1 saturated heterocycles. The van der Waals surface area contributed by atoms with Crippen LogP contribution in [0.5, 0.6) is 17.2 Å². The highest BCUT2D eigenvalue weighted by Crippen LogP contribution is 2.29. The number of amides is 1. The van der Waals surface area contributed by atoms with Crippen molar-refractivity contribution in [3.8, 4) is 17.2 Å². The molecule has 0 spiro atoms. The maximum Gasteiger partial charge on any atom is 0.490 e. The molecular weight excluding hydrogens is 509 g/mol. The second-order valence-electron chi connectivity index (χ2n) is 7.87. The predicted molar refractivity (Wildman–Crippen MR) is 125 cm³/mol. The number of rotatable bonds is 8. The van der Waals surface area contributed by atoms with Gasteiger partial charge in [0, 0.05) is 37.6 Å². The van der Waals surface area contributed by atoms with Crippen LogP contribution in [0.4, 0.5) is 18.9 Å². The third-order valence-electron chi connectivity index (χ3n) is 4.76. The minimum absolute atomic E-state index is 0.0188. The van der Waals surface area contributed by atoms with E-state index in [1.54, 1.807) is 18.2 Å². The number of hydrogen-bond donors (Lipinski definition) is 4. The average molecular weight is 535 g/mol. The highest BCUT2D eigenvalue weighted by molar-refractivity contribution is 6.30. The Morgan fingerprint density at radius 2 is 1.86 bits per heavy atom. The number of carbonyl (C=O) groups is 2. The molecule has 2 aromatic carbocycles. The molecule has 13 heteroatoms. The van der Waals surface area contributed by atoms with Gasteiger partial charge in [-0.1, -0.05) is 11.6 Å². The van der Waals surface area contributed by atoms with Crippen molar-refractivity contribution in [1.29, 1.82) is 0 Å². The summed E-state index contributed by atoms with van der Waals surface area (Å²) in [4.78, 5) is 22.3. The van der Waals surface area contributed by atoms with E-state index in [4.69, 9.17) is 31.0 Å². The fourth-order valence-electron chi connectivity index (χ4n) is 3.22. The summed E-state index contributed by atoms with van der Waals surface area (Å²) in [6.07, 6.45) is -4.88. The Morgan fingerprint density at radius 3 is 2.44 bits per heavy atom. The van der Waals surface area contributed by atoms with Gasteiger partial charge in [-0.15, -0.1) is 0 Å². The third-order valence-corrected chi connectivity index (χ3v) is 5.02. The fourth-order valence-corrected chi connectivity index (χ4v) is 3.35. The fraction of sp³-hybridized carbons (Fsp3) is 0.391. The number of carboxylic acids is 1. The molecule has 36 heavy (non-hydrogen) atoms. The van der Waals surface area contributed by atoms with Crippen LogP contribution in [0.25, 0.3) is 0 Å². The summed E-state index contributed by atoms with van der Waals surface area (Å²) >= 11 is 5.89. The molecular formula is C23H26ClF3N2O7. The number of β-amino-alcohol motifs (C(OH)–C–C–N with tert-alkyl or cyclic N) is 1. The van der Waals surface area contributed by atoms with Crippen LogP contribution in [-0.2, 0) is 9.59 Å². The number of nitrogens with one attached hydrogen (secondary N) is 1. The van der Waals surface area contributed by atoms with Gasteiger partial charge in [-0.25, -0.2) is 4.79 Å². The number of aliphatic hydroxyl groups is 1. The van der Waals surface area contributed by atoms with Crippen LogP contribution >= 0.6 is 11.6 Å².